The zero-order valence-electron chi connectivity index (χ0n) is 12.8. The Labute approximate surface area is 134 Å². The molecule has 122 valence electrons. The molecule has 1 saturated heterocycles. The summed E-state index contributed by atoms with van der Waals surface area (Å²) >= 11 is 0. The van der Waals surface area contributed by atoms with E-state index in [4.69, 9.17) is 0 Å². The molecule has 1 aromatic heterocycles. The summed E-state index contributed by atoms with van der Waals surface area (Å²) in [6.07, 6.45) is 2.07. The van der Waals surface area contributed by atoms with Crippen LogP contribution in [0, 0.1) is 0 Å². The van der Waals surface area contributed by atoms with Crippen LogP contribution in [-0.4, -0.2) is 58.8 Å². The molecule has 0 aliphatic carbocycles. The van der Waals surface area contributed by atoms with Gasteiger partial charge in [-0.1, -0.05) is 35.5 Å². The molecule has 7 nitrogen and oxygen atoms in total. The Morgan fingerprint density at radius 3 is 2.74 bits per heavy atom. The van der Waals surface area contributed by atoms with E-state index < -0.39 is 9.84 Å². The number of carbonyl (C=O) groups excluding carboxylic acids is 1. The lowest BCUT2D eigenvalue weighted by atomic mass is 10.2. The van der Waals surface area contributed by atoms with Gasteiger partial charge in [-0.25, -0.2) is 13.1 Å². The first-order chi connectivity index (χ1) is 10.9. The molecular weight excluding hydrogens is 316 g/mol. The molecule has 1 aliphatic heterocycles. The number of nitrogens with zero attached hydrogens (tertiary/aromatic N) is 4. The number of rotatable bonds is 4. The standard InChI is InChI=1S/C15H18N4O3S/c1-18(13-7-8-23(21,22)11-13)15(20)14-10-19(17-16-14)9-12-5-3-2-4-6-12/h2-6,10,13H,7-9,11H2,1H3. The second kappa shape index (κ2) is 6.11. The maximum Gasteiger partial charge on any atom is 0.276 e. The minimum Gasteiger partial charge on any atom is -0.336 e. The fourth-order valence-corrected chi connectivity index (χ4v) is 4.45. The van der Waals surface area contributed by atoms with Gasteiger partial charge in [0.25, 0.3) is 5.91 Å². The molecule has 2 heterocycles. The van der Waals surface area contributed by atoms with Gasteiger partial charge in [0.15, 0.2) is 15.5 Å². The fraction of sp³-hybridized carbons (Fsp3) is 0.400. The average Bonchev–Trinajstić information content (AvgIpc) is 3.13. The third kappa shape index (κ3) is 3.58. The smallest absolute Gasteiger partial charge is 0.276 e. The maximum absolute atomic E-state index is 12.4. The van der Waals surface area contributed by atoms with E-state index in [1.54, 1.807) is 17.9 Å². The zero-order valence-corrected chi connectivity index (χ0v) is 13.6. The molecule has 0 saturated carbocycles. The highest BCUT2D eigenvalue weighted by Gasteiger charge is 2.33. The highest BCUT2D eigenvalue weighted by molar-refractivity contribution is 7.91. The summed E-state index contributed by atoms with van der Waals surface area (Å²) in [4.78, 5) is 13.9. The van der Waals surface area contributed by atoms with E-state index >= 15 is 0 Å². The van der Waals surface area contributed by atoms with Crippen LogP contribution in [0.5, 0.6) is 0 Å². The van der Waals surface area contributed by atoms with Crippen molar-refractivity contribution in [2.75, 3.05) is 18.6 Å². The second-order valence-electron chi connectivity index (χ2n) is 5.76. The van der Waals surface area contributed by atoms with Crippen LogP contribution in [0.15, 0.2) is 36.5 Å². The molecule has 0 bridgehead atoms. The predicted molar refractivity (Wildman–Crippen MR) is 84.7 cm³/mol. The number of carbonyl (C=O) groups is 1. The molecule has 8 heteroatoms. The van der Waals surface area contributed by atoms with Crippen LogP contribution in [0.1, 0.15) is 22.5 Å². The molecular formula is C15H18N4O3S. The van der Waals surface area contributed by atoms with E-state index in [0.717, 1.165) is 5.56 Å². The van der Waals surface area contributed by atoms with Crippen molar-refractivity contribution in [3.8, 4) is 0 Å². The second-order valence-corrected chi connectivity index (χ2v) is 7.99. The van der Waals surface area contributed by atoms with Crippen molar-refractivity contribution in [1.29, 1.82) is 0 Å². The molecule has 1 atom stereocenters. The minimum absolute atomic E-state index is 0.0212. The lowest BCUT2D eigenvalue weighted by Gasteiger charge is -2.21. The average molecular weight is 334 g/mol. The van der Waals surface area contributed by atoms with Gasteiger partial charge in [-0.2, -0.15) is 0 Å². The number of hydrogen-bond donors (Lipinski definition) is 0. The van der Waals surface area contributed by atoms with Gasteiger partial charge in [0.2, 0.25) is 0 Å². The van der Waals surface area contributed by atoms with Crippen molar-refractivity contribution in [3.63, 3.8) is 0 Å². The van der Waals surface area contributed by atoms with Crippen LogP contribution in [0.25, 0.3) is 0 Å². The molecule has 23 heavy (non-hydrogen) atoms. The zero-order chi connectivity index (χ0) is 16.4. The van der Waals surface area contributed by atoms with Crippen molar-refractivity contribution in [1.82, 2.24) is 19.9 Å². The Hall–Kier alpha value is -2.22. The van der Waals surface area contributed by atoms with Crippen LogP contribution >= 0.6 is 0 Å². The van der Waals surface area contributed by atoms with E-state index in [2.05, 4.69) is 10.3 Å². The van der Waals surface area contributed by atoms with E-state index in [0.29, 0.717) is 13.0 Å². The van der Waals surface area contributed by atoms with Crippen LogP contribution in [0.4, 0.5) is 0 Å². The minimum atomic E-state index is -3.03. The largest absolute Gasteiger partial charge is 0.336 e. The molecule has 0 radical (unpaired) electrons. The first kappa shape index (κ1) is 15.7. The van der Waals surface area contributed by atoms with Gasteiger partial charge in [0.05, 0.1) is 24.2 Å². The molecule has 1 aromatic carbocycles. The van der Waals surface area contributed by atoms with Gasteiger partial charge in [-0.3, -0.25) is 4.79 Å². The molecule has 1 amide bonds. The number of benzene rings is 1. The summed E-state index contributed by atoms with van der Waals surface area (Å²) < 4.78 is 24.7. The molecule has 1 fully saturated rings. The van der Waals surface area contributed by atoms with Gasteiger partial charge in [-0.15, -0.1) is 5.10 Å². The Bertz CT molecular complexity index is 801. The van der Waals surface area contributed by atoms with Crippen LogP contribution < -0.4 is 0 Å². The summed E-state index contributed by atoms with van der Waals surface area (Å²) in [5.41, 5.74) is 1.29. The lowest BCUT2D eigenvalue weighted by molar-refractivity contribution is 0.0741. The van der Waals surface area contributed by atoms with Crippen LogP contribution in [0.3, 0.4) is 0 Å². The van der Waals surface area contributed by atoms with Crippen LogP contribution in [0.2, 0.25) is 0 Å². The predicted octanol–water partition coefficient (Wildman–Crippen LogP) is 0.586. The summed E-state index contributed by atoms with van der Waals surface area (Å²) in [5.74, 6) is -0.143. The third-order valence-corrected chi connectivity index (χ3v) is 5.77. The summed E-state index contributed by atoms with van der Waals surface area (Å²) in [7, 11) is -1.41. The third-order valence-electron chi connectivity index (χ3n) is 4.02. The topological polar surface area (TPSA) is 85.2 Å². The number of amides is 1. The normalized spacial score (nSPS) is 19.6. The van der Waals surface area contributed by atoms with E-state index in [-0.39, 0.29) is 29.1 Å². The first-order valence-corrected chi connectivity index (χ1v) is 9.18. The highest BCUT2D eigenvalue weighted by Crippen LogP contribution is 2.18. The Kier molecular flexibility index (Phi) is 4.16. The van der Waals surface area contributed by atoms with Crippen molar-refractivity contribution in [3.05, 3.63) is 47.8 Å². The van der Waals surface area contributed by atoms with Crippen molar-refractivity contribution in [2.24, 2.45) is 0 Å². The van der Waals surface area contributed by atoms with Crippen molar-refractivity contribution < 1.29 is 13.2 Å². The van der Waals surface area contributed by atoms with Crippen molar-refractivity contribution in [2.45, 2.75) is 19.0 Å². The number of hydrogen-bond acceptors (Lipinski definition) is 5. The van der Waals surface area contributed by atoms with Gasteiger partial charge in [-0.05, 0) is 12.0 Å². The summed E-state index contributed by atoms with van der Waals surface area (Å²) in [6.45, 7) is 0.530. The lowest BCUT2D eigenvalue weighted by Crippen LogP contribution is -2.38. The van der Waals surface area contributed by atoms with E-state index in [1.165, 1.54) is 4.90 Å². The molecule has 0 spiro atoms. The summed E-state index contributed by atoms with van der Waals surface area (Å²) in [6, 6.07) is 9.47. The molecule has 3 rings (SSSR count). The molecule has 0 N–H and O–H groups in total. The Morgan fingerprint density at radius 2 is 2.09 bits per heavy atom. The van der Waals surface area contributed by atoms with Crippen LogP contribution in [-0.2, 0) is 16.4 Å². The molecule has 2 aromatic rings. The first-order valence-electron chi connectivity index (χ1n) is 7.36. The Morgan fingerprint density at radius 1 is 1.35 bits per heavy atom. The number of sulfone groups is 1. The maximum atomic E-state index is 12.4. The van der Waals surface area contributed by atoms with Gasteiger partial charge in [0.1, 0.15) is 0 Å². The quantitative estimate of drug-likeness (QED) is 0.817. The SMILES string of the molecule is CN(C(=O)c1cn(Cc2ccccc2)nn1)C1CCS(=O)(=O)C1. The molecule has 1 unspecified atom stereocenters. The monoisotopic (exact) mass is 334 g/mol. The number of aromatic nitrogens is 3. The van der Waals surface area contributed by atoms with Gasteiger partial charge < -0.3 is 4.90 Å². The Balaban J connectivity index is 1.69. The highest BCUT2D eigenvalue weighted by atomic mass is 32.2. The summed E-state index contributed by atoms with van der Waals surface area (Å²) in [5, 5.41) is 7.88. The van der Waals surface area contributed by atoms with Crippen molar-refractivity contribution >= 4 is 15.7 Å². The van der Waals surface area contributed by atoms with Gasteiger partial charge in [0, 0.05) is 13.1 Å². The van der Waals surface area contributed by atoms with Gasteiger partial charge >= 0.3 is 0 Å². The van der Waals surface area contributed by atoms with E-state index in [9.17, 15) is 13.2 Å². The molecule has 1 aliphatic rings. The fourth-order valence-electron chi connectivity index (χ4n) is 2.67. The van der Waals surface area contributed by atoms with E-state index in [1.807, 2.05) is 30.3 Å².